The van der Waals surface area contributed by atoms with Gasteiger partial charge < -0.3 is 14.4 Å². The van der Waals surface area contributed by atoms with Crippen LogP contribution in [-0.2, 0) is 14.3 Å². The van der Waals surface area contributed by atoms with Crippen molar-refractivity contribution in [3.8, 4) is 0 Å². The minimum Gasteiger partial charge on any atom is -0.350 e. The van der Waals surface area contributed by atoms with Crippen molar-refractivity contribution in [1.29, 1.82) is 0 Å². The second-order valence-corrected chi connectivity index (χ2v) is 8.04. The van der Waals surface area contributed by atoms with Crippen LogP contribution in [0.25, 0.3) is 0 Å². The summed E-state index contributed by atoms with van der Waals surface area (Å²) in [6.45, 7) is 6.78. The Morgan fingerprint density at radius 3 is 2.42 bits per heavy atom. The maximum atomic E-state index is 12.4. The Morgan fingerprint density at radius 1 is 1.17 bits per heavy atom. The summed E-state index contributed by atoms with van der Waals surface area (Å²) in [5.74, 6) is 0.544. The van der Waals surface area contributed by atoms with Gasteiger partial charge in [0.25, 0.3) is 0 Å². The van der Waals surface area contributed by atoms with Crippen LogP contribution in [0, 0.1) is 19.8 Å². The van der Waals surface area contributed by atoms with Gasteiger partial charge in [0.1, 0.15) is 0 Å². The quantitative estimate of drug-likeness (QED) is 0.766. The third kappa shape index (κ3) is 4.05. The Kier molecular flexibility index (Phi) is 5.69. The van der Waals surface area contributed by atoms with E-state index in [1.165, 1.54) is 0 Å². The number of carbonyl (C=O) groups excluding carboxylic acids is 2. The Labute approximate surface area is 146 Å². The lowest BCUT2D eigenvalue weighted by molar-refractivity contribution is -0.136. The van der Waals surface area contributed by atoms with Gasteiger partial charge in [0, 0.05) is 47.2 Å². The molecule has 1 amide bonds. The zero-order valence-corrected chi connectivity index (χ0v) is 15.2. The topological polar surface area (TPSA) is 55.8 Å². The number of Topliss-reactive ketones (excluding diaryl/α,β-unsaturated/α-hetero) is 1. The van der Waals surface area contributed by atoms with E-state index in [4.69, 9.17) is 9.47 Å². The molecule has 0 radical (unpaired) electrons. The zero-order valence-electron chi connectivity index (χ0n) is 14.4. The minimum absolute atomic E-state index is 0.0767. The number of hydrogen-bond donors (Lipinski definition) is 0. The smallest absolute Gasteiger partial charge is 0.223 e. The molecule has 0 spiro atoms. The lowest BCUT2D eigenvalue weighted by Crippen LogP contribution is -2.41. The molecule has 1 aromatic rings. The number of thiophene rings is 1. The molecule has 0 bridgehead atoms. The van der Waals surface area contributed by atoms with E-state index in [1.807, 2.05) is 24.8 Å². The van der Waals surface area contributed by atoms with E-state index in [9.17, 15) is 9.59 Å². The van der Waals surface area contributed by atoms with E-state index in [2.05, 4.69) is 0 Å². The molecule has 5 nitrogen and oxygen atoms in total. The maximum absolute atomic E-state index is 12.4. The van der Waals surface area contributed by atoms with E-state index >= 15 is 0 Å². The van der Waals surface area contributed by atoms with Gasteiger partial charge in [-0.3, -0.25) is 9.59 Å². The fourth-order valence-corrected chi connectivity index (χ4v) is 4.43. The molecule has 2 saturated heterocycles. The number of rotatable bonds is 5. The van der Waals surface area contributed by atoms with Crippen LogP contribution in [0.2, 0.25) is 0 Å². The van der Waals surface area contributed by atoms with Crippen molar-refractivity contribution in [2.75, 3.05) is 26.3 Å². The Hall–Kier alpha value is -1.24. The molecule has 24 heavy (non-hydrogen) atoms. The number of amides is 1. The van der Waals surface area contributed by atoms with Crippen molar-refractivity contribution in [3.05, 3.63) is 21.4 Å². The Morgan fingerprint density at radius 2 is 1.83 bits per heavy atom. The zero-order chi connectivity index (χ0) is 17.1. The van der Waals surface area contributed by atoms with Crippen molar-refractivity contribution in [2.45, 2.75) is 45.8 Å². The predicted molar refractivity (Wildman–Crippen MR) is 92.4 cm³/mol. The molecule has 0 atom stereocenters. The molecule has 0 N–H and O–H groups in total. The molecule has 2 aliphatic rings. The first-order valence-electron chi connectivity index (χ1n) is 8.66. The summed E-state index contributed by atoms with van der Waals surface area (Å²) in [7, 11) is 0. The molecule has 132 valence electrons. The number of carbonyl (C=O) groups is 2. The highest BCUT2D eigenvalue weighted by molar-refractivity contribution is 7.12. The Balaban J connectivity index is 1.44. The third-order valence-corrected chi connectivity index (χ3v) is 5.80. The van der Waals surface area contributed by atoms with Gasteiger partial charge in [-0.1, -0.05) is 0 Å². The van der Waals surface area contributed by atoms with Crippen LogP contribution in [0.5, 0.6) is 0 Å². The molecule has 1 aromatic heterocycles. The van der Waals surface area contributed by atoms with Crippen molar-refractivity contribution in [1.82, 2.24) is 4.90 Å². The molecular weight excluding hydrogens is 326 g/mol. The third-order valence-electron chi connectivity index (χ3n) is 4.83. The average Bonchev–Trinajstić information content (AvgIpc) is 3.22. The van der Waals surface area contributed by atoms with Gasteiger partial charge in [0.05, 0.1) is 13.2 Å². The number of hydrogen-bond acceptors (Lipinski definition) is 5. The normalized spacial score (nSPS) is 19.8. The standard InChI is InChI=1S/C18H25NO4S/c1-12-11-15(13(2)24-12)16(20)3-4-17(21)19-7-5-14(6-8-19)18-22-9-10-23-18/h11,14,18H,3-10H2,1-2H3. The first-order valence-corrected chi connectivity index (χ1v) is 9.47. The van der Waals surface area contributed by atoms with Gasteiger partial charge in [-0.05, 0) is 32.8 Å². The van der Waals surface area contributed by atoms with Crippen LogP contribution in [0.4, 0.5) is 0 Å². The van der Waals surface area contributed by atoms with Crippen molar-refractivity contribution < 1.29 is 19.1 Å². The van der Waals surface area contributed by atoms with E-state index in [0.29, 0.717) is 32.0 Å². The highest BCUT2D eigenvalue weighted by Gasteiger charge is 2.31. The fraction of sp³-hybridized carbons (Fsp3) is 0.667. The summed E-state index contributed by atoms with van der Waals surface area (Å²) >= 11 is 1.63. The fourth-order valence-electron chi connectivity index (χ4n) is 3.49. The van der Waals surface area contributed by atoms with E-state index in [1.54, 1.807) is 11.3 Å². The van der Waals surface area contributed by atoms with E-state index in [-0.39, 0.29) is 18.0 Å². The number of ketones is 1. The van der Waals surface area contributed by atoms with Crippen LogP contribution in [-0.4, -0.2) is 49.2 Å². The molecule has 0 aromatic carbocycles. The Bertz CT molecular complexity index is 598. The molecule has 3 rings (SSSR count). The summed E-state index contributed by atoms with van der Waals surface area (Å²) in [5.41, 5.74) is 0.777. The number of likely N-dealkylation sites (tertiary alicyclic amines) is 1. The highest BCUT2D eigenvalue weighted by Crippen LogP contribution is 2.26. The second kappa shape index (κ2) is 7.76. The summed E-state index contributed by atoms with van der Waals surface area (Å²) in [5, 5.41) is 0. The summed E-state index contributed by atoms with van der Waals surface area (Å²) < 4.78 is 11.1. The monoisotopic (exact) mass is 351 g/mol. The molecule has 2 aliphatic heterocycles. The van der Waals surface area contributed by atoms with Gasteiger partial charge in [-0.25, -0.2) is 0 Å². The largest absolute Gasteiger partial charge is 0.350 e. The van der Waals surface area contributed by atoms with E-state index in [0.717, 1.165) is 41.2 Å². The first kappa shape index (κ1) is 17.6. The SMILES string of the molecule is Cc1cc(C(=O)CCC(=O)N2CCC(C3OCCO3)CC2)c(C)s1. The molecule has 6 heteroatoms. The molecule has 3 heterocycles. The van der Waals surface area contributed by atoms with Crippen LogP contribution in [0.1, 0.15) is 45.8 Å². The number of ether oxygens (including phenoxy) is 2. The van der Waals surface area contributed by atoms with Gasteiger partial charge in [0.15, 0.2) is 12.1 Å². The molecule has 0 saturated carbocycles. The van der Waals surface area contributed by atoms with Gasteiger partial charge in [0.2, 0.25) is 5.91 Å². The summed E-state index contributed by atoms with van der Waals surface area (Å²) in [4.78, 5) is 28.7. The minimum atomic E-state index is -0.0892. The van der Waals surface area contributed by atoms with Gasteiger partial charge in [-0.15, -0.1) is 11.3 Å². The lowest BCUT2D eigenvalue weighted by Gasteiger charge is -2.33. The van der Waals surface area contributed by atoms with E-state index < -0.39 is 0 Å². The lowest BCUT2D eigenvalue weighted by atomic mass is 9.95. The predicted octanol–water partition coefficient (Wildman–Crippen LogP) is 2.94. The number of aryl methyl sites for hydroxylation is 2. The molecular formula is C18H25NO4S. The van der Waals surface area contributed by atoms with Crippen molar-refractivity contribution in [3.63, 3.8) is 0 Å². The van der Waals surface area contributed by atoms with Gasteiger partial charge in [-0.2, -0.15) is 0 Å². The van der Waals surface area contributed by atoms with Gasteiger partial charge >= 0.3 is 0 Å². The summed E-state index contributed by atoms with van der Waals surface area (Å²) in [6.07, 6.45) is 2.33. The first-order chi connectivity index (χ1) is 11.5. The van der Waals surface area contributed by atoms with Crippen LogP contribution in [0.3, 0.4) is 0 Å². The number of nitrogens with zero attached hydrogens (tertiary/aromatic N) is 1. The highest BCUT2D eigenvalue weighted by atomic mass is 32.1. The second-order valence-electron chi connectivity index (χ2n) is 6.58. The maximum Gasteiger partial charge on any atom is 0.223 e. The van der Waals surface area contributed by atoms with Crippen LogP contribution in [0.15, 0.2) is 6.07 Å². The van der Waals surface area contributed by atoms with Crippen molar-refractivity contribution in [2.24, 2.45) is 5.92 Å². The molecule has 0 unspecified atom stereocenters. The van der Waals surface area contributed by atoms with Crippen molar-refractivity contribution >= 4 is 23.0 Å². The molecule has 0 aliphatic carbocycles. The summed E-state index contributed by atoms with van der Waals surface area (Å²) in [6, 6.07) is 1.93. The van der Waals surface area contributed by atoms with Crippen LogP contribution >= 0.6 is 11.3 Å². The van der Waals surface area contributed by atoms with Crippen LogP contribution < -0.4 is 0 Å². The number of piperidine rings is 1. The average molecular weight is 351 g/mol. The molecule has 2 fully saturated rings.